The zero-order valence-electron chi connectivity index (χ0n) is 30.7. The molecule has 4 aromatic rings. The average molecular weight is 753 g/mol. The molecule has 1 N–H and O–H groups in total. The molecule has 0 amide bonds. The molecule has 3 nitrogen and oxygen atoms in total. The van der Waals surface area contributed by atoms with Crippen molar-refractivity contribution in [1.29, 1.82) is 0 Å². The summed E-state index contributed by atoms with van der Waals surface area (Å²) < 4.78 is 48.4. The summed E-state index contributed by atoms with van der Waals surface area (Å²) in [6.07, 6.45) is 6.65. The molecule has 41 heavy (non-hydrogen) atoms. The van der Waals surface area contributed by atoms with Crippen LogP contribution in [0.5, 0.6) is 0 Å². The zero-order chi connectivity index (χ0) is 34.4. The molecule has 4 rings (SSSR count). The van der Waals surface area contributed by atoms with Gasteiger partial charge in [-0.05, 0) is 67.8 Å². The van der Waals surface area contributed by atoms with Gasteiger partial charge in [0.1, 0.15) is 0 Å². The van der Waals surface area contributed by atoms with E-state index in [1.165, 1.54) is 35.6 Å². The van der Waals surface area contributed by atoms with Crippen molar-refractivity contribution in [3.63, 3.8) is 0 Å². The van der Waals surface area contributed by atoms with Crippen LogP contribution in [0.1, 0.15) is 83.9 Å². The number of nitrogens with zero attached hydrogens (tertiary/aromatic N) is 1. The van der Waals surface area contributed by atoms with Crippen LogP contribution >= 0.6 is 11.3 Å². The Hall–Kier alpha value is -2.59. The Morgan fingerprint density at radius 2 is 1.63 bits per heavy atom. The Labute approximate surface area is 272 Å². The molecule has 0 aliphatic carbocycles. The number of rotatable bonds is 9. The van der Waals surface area contributed by atoms with Crippen LogP contribution in [-0.4, -0.2) is 15.9 Å². The third-order valence-corrected chi connectivity index (χ3v) is 8.33. The SMILES string of the molecule is CCC(CC)C(=O)/C=C(\O)C(CC)CC.[2H]C([2H])([2H])c1cccc(C([2H])([2H])[2H])c1-c1cc2cnc(-c3[c-]c(C)cc(C)c3)cc2s1.[Ir]. The van der Waals surface area contributed by atoms with Crippen LogP contribution < -0.4 is 0 Å². The maximum Gasteiger partial charge on any atom is 0.162 e. The maximum atomic E-state index is 11.7. The number of carbonyl (C=O) groups is 1. The van der Waals surface area contributed by atoms with Gasteiger partial charge in [-0.3, -0.25) is 4.79 Å². The quantitative estimate of drug-likeness (QED) is 0.105. The molecule has 0 saturated carbocycles. The van der Waals surface area contributed by atoms with Crippen LogP contribution in [0.25, 0.3) is 31.8 Å². The number of allylic oxidation sites excluding steroid dienone is 2. The van der Waals surface area contributed by atoms with E-state index in [0.717, 1.165) is 58.2 Å². The minimum atomic E-state index is -2.43. The molecule has 221 valence electrons. The molecule has 0 atom stereocenters. The van der Waals surface area contributed by atoms with Crippen molar-refractivity contribution >= 4 is 27.2 Å². The van der Waals surface area contributed by atoms with Crippen molar-refractivity contribution < 1.29 is 38.2 Å². The smallest absolute Gasteiger partial charge is 0.162 e. The van der Waals surface area contributed by atoms with E-state index in [-0.39, 0.29) is 60.2 Å². The predicted octanol–water partition coefficient (Wildman–Crippen LogP) is 10.5. The summed E-state index contributed by atoms with van der Waals surface area (Å²) in [7, 11) is 0. The normalized spacial score (nSPS) is 14.2. The number of hydrogen-bond donors (Lipinski definition) is 1. The fourth-order valence-corrected chi connectivity index (χ4v) is 5.98. The Balaban J connectivity index is 0.000000410. The molecule has 0 spiro atoms. The van der Waals surface area contributed by atoms with Crippen LogP contribution in [-0.2, 0) is 24.9 Å². The Morgan fingerprint density at radius 1 is 1.00 bits per heavy atom. The van der Waals surface area contributed by atoms with Crippen LogP contribution in [0.4, 0.5) is 0 Å². The van der Waals surface area contributed by atoms with Gasteiger partial charge in [0.25, 0.3) is 0 Å². The molecule has 0 unspecified atom stereocenters. The minimum Gasteiger partial charge on any atom is -0.512 e. The van der Waals surface area contributed by atoms with Gasteiger partial charge in [-0.15, -0.1) is 46.2 Å². The van der Waals surface area contributed by atoms with E-state index in [2.05, 4.69) is 11.1 Å². The summed E-state index contributed by atoms with van der Waals surface area (Å²) in [6, 6.07) is 15.6. The van der Waals surface area contributed by atoms with Gasteiger partial charge in [-0.2, -0.15) is 0 Å². The Morgan fingerprint density at radius 3 is 2.20 bits per heavy atom. The van der Waals surface area contributed by atoms with E-state index in [1.54, 1.807) is 6.20 Å². The molecule has 2 aromatic heterocycles. The first-order chi connectivity index (χ1) is 21.5. The molecule has 0 aliphatic rings. The van der Waals surface area contributed by atoms with Gasteiger partial charge in [0.15, 0.2) is 5.78 Å². The number of carbonyl (C=O) groups excluding carboxylic acids is 1. The summed E-state index contributed by atoms with van der Waals surface area (Å²) >= 11 is 1.37. The number of aliphatic hydroxyl groups excluding tert-OH is 1. The molecular formula is C36H44IrNO2S-. The van der Waals surface area contributed by atoms with Gasteiger partial charge < -0.3 is 10.1 Å². The molecule has 0 fully saturated rings. The molecule has 1 radical (unpaired) electrons. The first-order valence-corrected chi connectivity index (χ1v) is 14.8. The van der Waals surface area contributed by atoms with Crippen LogP contribution in [0.3, 0.4) is 0 Å². The monoisotopic (exact) mass is 753 g/mol. The van der Waals surface area contributed by atoms with Gasteiger partial charge >= 0.3 is 0 Å². The molecule has 2 aromatic carbocycles. The van der Waals surface area contributed by atoms with Gasteiger partial charge in [0.05, 0.1) is 5.76 Å². The molecule has 0 saturated heterocycles. The average Bonchev–Trinajstić information content (AvgIpc) is 3.40. The minimum absolute atomic E-state index is 0. The van der Waals surface area contributed by atoms with Crippen molar-refractivity contribution in [3.05, 3.63) is 88.8 Å². The Kier molecular flexibility index (Phi) is 10.3. The van der Waals surface area contributed by atoms with Crippen LogP contribution in [0.15, 0.2) is 60.5 Å². The van der Waals surface area contributed by atoms with Gasteiger partial charge in [0.2, 0.25) is 0 Å². The molecule has 0 bridgehead atoms. The second kappa shape index (κ2) is 16.2. The molecule has 2 heterocycles. The summed E-state index contributed by atoms with van der Waals surface area (Å²) in [5.74, 6) is 0.547. The van der Waals surface area contributed by atoms with E-state index in [9.17, 15) is 9.90 Å². The van der Waals surface area contributed by atoms with Crippen molar-refractivity contribution in [2.45, 2.75) is 80.9 Å². The number of thiophene rings is 1. The number of ketones is 1. The zero-order valence-corrected chi connectivity index (χ0v) is 27.9. The fraction of sp³-hybridized carbons (Fsp3) is 0.389. The van der Waals surface area contributed by atoms with E-state index in [1.807, 2.05) is 65.8 Å². The van der Waals surface area contributed by atoms with Gasteiger partial charge in [0, 0.05) is 67.4 Å². The second-order valence-electron chi connectivity index (χ2n) is 10.2. The van der Waals surface area contributed by atoms with Crippen LogP contribution in [0, 0.1) is 45.5 Å². The van der Waals surface area contributed by atoms with E-state index in [4.69, 9.17) is 8.22 Å². The van der Waals surface area contributed by atoms with Crippen molar-refractivity contribution in [2.75, 3.05) is 0 Å². The molecular weight excluding hydrogens is 703 g/mol. The maximum absolute atomic E-state index is 11.7. The third kappa shape index (κ3) is 8.95. The summed E-state index contributed by atoms with van der Waals surface area (Å²) in [5.41, 5.74) is 4.16. The number of aromatic nitrogens is 1. The Bertz CT molecular complexity index is 1630. The van der Waals surface area contributed by atoms with E-state index >= 15 is 0 Å². The molecule has 5 heteroatoms. The van der Waals surface area contributed by atoms with Crippen molar-refractivity contribution in [3.8, 4) is 21.7 Å². The predicted molar refractivity (Wildman–Crippen MR) is 172 cm³/mol. The van der Waals surface area contributed by atoms with Gasteiger partial charge in [-0.25, -0.2) is 0 Å². The largest absolute Gasteiger partial charge is 0.512 e. The van der Waals surface area contributed by atoms with Gasteiger partial charge in [-0.1, -0.05) is 65.8 Å². The number of fused-ring (bicyclic) bond motifs is 1. The summed E-state index contributed by atoms with van der Waals surface area (Å²) in [5, 5.41) is 10.6. The number of pyridine rings is 1. The number of aryl methyl sites for hydroxylation is 4. The second-order valence-corrected chi connectivity index (χ2v) is 11.3. The third-order valence-electron chi connectivity index (χ3n) is 7.22. The first kappa shape index (κ1) is 26.1. The van der Waals surface area contributed by atoms with Crippen LogP contribution in [0.2, 0.25) is 0 Å². The van der Waals surface area contributed by atoms with Crippen molar-refractivity contribution in [2.24, 2.45) is 11.8 Å². The van der Waals surface area contributed by atoms with E-state index < -0.39 is 13.7 Å². The summed E-state index contributed by atoms with van der Waals surface area (Å²) in [4.78, 5) is 16.9. The molecule has 0 aliphatic heterocycles. The fourth-order valence-electron chi connectivity index (χ4n) is 4.83. The first-order valence-electron chi connectivity index (χ1n) is 17.0. The topological polar surface area (TPSA) is 50.2 Å². The standard InChI is InChI=1S/C23H20NS.C13H24O2.Ir/c1-14-8-15(2)10-18(9-14)20-12-21-19(13-24-20)11-22(25-21)23-16(3)6-5-7-17(23)4;1-5-10(6-2)12(14)9-13(15)11(7-3)8-4;/h5-9,11-13H,1-4H3;9-11,14H,5-8H2,1-4H3;/q-1;;/b;12-9-;/i3D3,4D3;;. The number of hydrogen-bond acceptors (Lipinski definition) is 4. The summed E-state index contributed by atoms with van der Waals surface area (Å²) in [6.45, 7) is 7.23. The van der Waals surface area contributed by atoms with Crippen molar-refractivity contribution in [1.82, 2.24) is 4.98 Å². The number of benzene rings is 2. The van der Waals surface area contributed by atoms with E-state index in [0.29, 0.717) is 4.88 Å². The number of aliphatic hydroxyl groups is 1.